The van der Waals surface area contributed by atoms with E-state index in [9.17, 15) is 9.59 Å². The molecule has 1 aromatic heterocycles. The Morgan fingerprint density at radius 2 is 2.24 bits per heavy atom. The second-order valence-corrected chi connectivity index (χ2v) is 3.47. The summed E-state index contributed by atoms with van der Waals surface area (Å²) >= 11 is 0. The maximum absolute atomic E-state index is 11.4. The van der Waals surface area contributed by atoms with Crippen LogP contribution in [0.3, 0.4) is 0 Å². The maximum atomic E-state index is 11.4. The number of pyridine rings is 1. The van der Waals surface area contributed by atoms with Crippen LogP contribution < -0.4 is 10.6 Å². The molecule has 0 aliphatic heterocycles. The van der Waals surface area contributed by atoms with Crippen molar-refractivity contribution in [3.8, 4) is 0 Å². The SMILES string of the molecule is CCCCNC(=O)Nc1ccnc(C(=O)O)c1. The molecular formula is C11H15N3O3. The number of carboxylic acids is 1. The number of rotatable bonds is 5. The Balaban J connectivity index is 2.53. The molecule has 92 valence electrons. The van der Waals surface area contributed by atoms with E-state index < -0.39 is 5.97 Å². The zero-order chi connectivity index (χ0) is 12.7. The molecule has 0 aliphatic rings. The Bertz CT molecular complexity index is 407. The minimum absolute atomic E-state index is 0.101. The van der Waals surface area contributed by atoms with Crippen molar-refractivity contribution >= 4 is 17.7 Å². The van der Waals surface area contributed by atoms with Gasteiger partial charge in [0, 0.05) is 18.4 Å². The van der Waals surface area contributed by atoms with Crippen molar-refractivity contribution in [2.45, 2.75) is 19.8 Å². The average molecular weight is 237 g/mol. The lowest BCUT2D eigenvalue weighted by atomic mass is 10.3. The molecule has 0 radical (unpaired) electrons. The van der Waals surface area contributed by atoms with Crippen molar-refractivity contribution in [1.29, 1.82) is 0 Å². The summed E-state index contributed by atoms with van der Waals surface area (Å²) in [5.74, 6) is -1.12. The molecule has 0 spiro atoms. The predicted molar refractivity (Wildman–Crippen MR) is 63.1 cm³/mol. The van der Waals surface area contributed by atoms with Crippen molar-refractivity contribution in [1.82, 2.24) is 10.3 Å². The van der Waals surface area contributed by atoms with E-state index in [1.54, 1.807) is 0 Å². The number of nitrogens with one attached hydrogen (secondary N) is 2. The van der Waals surface area contributed by atoms with E-state index in [4.69, 9.17) is 5.11 Å². The van der Waals surface area contributed by atoms with Gasteiger partial charge in [0.15, 0.2) is 0 Å². The number of urea groups is 1. The third-order valence-electron chi connectivity index (χ3n) is 2.05. The standard InChI is InChI=1S/C11H15N3O3/c1-2-3-5-13-11(17)14-8-4-6-12-9(7-8)10(15)16/h4,6-7H,2-3,5H2,1H3,(H,15,16)(H2,12,13,14,17). The van der Waals surface area contributed by atoms with E-state index >= 15 is 0 Å². The highest BCUT2D eigenvalue weighted by Crippen LogP contribution is 2.07. The summed E-state index contributed by atoms with van der Waals surface area (Å²) in [7, 11) is 0. The highest BCUT2D eigenvalue weighted by atomic mass is 16.4. The molecule has 0 aromatic carbocycles. The molecule has 0 aliphatic carbocycles. The lowest BCUT2D eigenvalue weighted by Crippen LogP contribution is -2.29. The fourth-order valence-electron chi connectivity index (χ4n) is 1.18. The summed E-state index contributed by atoms with van der Waals surface area (Å²) in [4.78, 5) is 25.7. The van der Waals surface area contributed by atoms with Crippen LogP contribution in [0.4, 0.5) is 10.5 Å². The highest BCUT2D eigenvalue weighted by molar-refractivity contribution is 5.91. The number of hydrogen-bond donors (Lipinski definition) is 3. The molecule has 6 heteroatoms. The third-order valence-corrected chi connectivity index (χ3v) is 2.05. The second-order valence-electron chi connectivity index (χ2n) is 3.47. The van der Waals surface area contributed by atoms with Gasteiger partial charge in [0.2, 0.25) is 0 Å². The quantitative estimate of drug-likeness (QED) is 0.680. The van der Waals surface area contributed by atoms with E-state index in [0.29, 0.717) is 12.2 Å². The topological polar surface area (TPSA) is 91.3 Å². The van der Waals surface area contributed by atoms with Crippen LogP contribution in [0.15, 0.2) is 18.3 Å². The molecule has 0 unspecified atom stereocenters. The Labute approximate surface area is 99.1 Å². The molecule has 0 saturated heterocycles. The number of anilines is 1. The summed E-state index contributed by atoms with van der Waals surface area (Å²) in [5, 5.41) is 13.9. The smallest absolute Gasteiger partial charge is 0.354 e. The molecule has 1 rings (SSSR count). The van der Waals surface area contributed by atoms with Crippen LogP contribution in [-0.4, -0.2) is 28.6 Å². The van der Waals surface area contributed by atoms with E-state index in [0.717, 1.165) is 12.8 Å². The van der Waals surface area contributed by atoms with Crippen LogP contribution >= 0.6 is 0 Å². The summed E-state index contributed by atoms with van der Waals surface area (Å²) in [5.41, 5.74) is 0.308. The first kappa shape index (κ1) is 13.0. The van der Waals surface area contributed by atoms with Crippen LogP contribution in [0.1, 0.15) is 30.3 Å². The van der Waals surface area contributed by atoms with Crippen molar-refractivity contribution in [3.63, 3.8) is 0 Å². The van der Waals surface area contributed by atoms with Gasteiger partial charge in [0.1, 0.15) is 5.69 Å². The maximum Gasteiger partial charge on any atom is 0.354 e. The number of amides is 2. The predicted octanol–water partition coefficient (Wildman–Crippen LogP) is 1.70. The molecule has 1 heterocycles. The number of nitrogens with zero attached hydrogens (tertiary/aromatic N) is 1. The Morgan fingerprint density at radius 3 is 2.88 bits per heavy atom. The minimum atomic E-state index is -1.12. The van der Waals surface area contributed by atoms with Gasteiger partial charge < -0.3 is 15.7 Å². The Kier molecular flexibility index (Phi) is 4.93. The van der Waals surface area contributed by atoms with Gasteiger partial charge in [-0.1, -0.05) is 13.3 Å². The van der Waals surface area contributed by atoms with Gasteiger partial charge >= 0.3 is 12.0 Å². The van der Waals surface area contributed by atoms with Gasteiger partial charge in [0.05, 0.1) is 0 Å². The number of carbonyl (C=O) groups excluding carboxylic acids is 1. The Morgan fingerprint density at radius 1 is 1.47 bits per heavy atom. The number of carboxylic acid groups (broad SMARTS) is 1. The molecule has 17 heavy (non-hydrogen) atoms. The average Bonchev–Trinajstić information content (AvgIpc) is 2.29. The summed E-state index contributed by atoms with van der Waals surface area (Å²) in [6, 6.07) is 2.49. The zero-order valence-corrected chi connectivity index (χ0v) is 9.56. The van der Waals surface area contributed by atoms with Gasteiger partial charge in [-0.3, -0.25) is 0 Å². The number of aromatic carboxylic acids is 1. The number of unbranched alkanes of at least 4 members (excludes halogenated alkanes) is 1. The van der Waals surface area contributed by atoms with Gasteiger partial charge in [0.25, 0.3) is 0 Å². The molecule has 2 amide bonds. The van der Waals surface area contributed by atoms with Gasteiger partial charge in [-0.15, -0.1) is 0 Å². The summed E-state index contributed by atoms with van der Waals surface area (Å²) in [6.07, 6.45) is 3.24. The van der Waals surface area contributed by atoms with Gasteiger partial charge in [-0.2, -0.15) is 0 Å². The third kappa shape index (κ3) is 4.50. The van der Waals surface area contributed by atoms with Gasteiger partial charge in [-0.05, 0) is 18.6 Å². The molecule has 0 fully saturated rings. The molecule has 1 aromatic rings. The first-order valence-corrected chi connectivity index (χ1v) is 5.37. The first-order chi connectivity index (χ1) is 8.13. The number of hydrogen-bond acceptors (Lipinski definition) is 3. The minimum Gasteiger partial charge on any atom is -0.477 e. The molecular weight excluding hydrogens is 222 g/mol. The number of aromatic nitrogens is 1. The van der Waals surface area contributed by atoms with Crippen LogP contribution in [0.2, 0.25) is 0 Å². The molecule has 0 bridgehead atoms. The van der Waals surface area contributed by atoms with Crippen molar-refractivity contribution in [3.05, 3.63) is 24.0 Å². The molecule has 6 nitrogen and oxygen atoms in total. The van der Waals surface area contributed by atoms with Crippen molar-refractivity contribution in [2.75, 3.05) is 11.9 Å². The van der Waals surface area contributed by atoms with Crippen LogP contribution in [0, 0.1) is 0 Å². The largest absolute Gasteiger partial charge is 0.477 e. The van der Waals surface area contributed by atoms with Crippen LogP contribution in [0.25, 0.3) is 0 Å². The molecule has 0 saturated carbocycles. The van der Waals surface area contributed by atoms with Crippen molar-refractivity contribution < 1.29 is 14.7 Å². The van der Waals surface area contributed by atoms with E-state index in [1.807, 2.05) is 6.92 Å². The number of carbonyl (C=O) groups is 2. The molecule has 0 atom stereocenters. The van der Waals surface area contributed by atoms with E-state index in [2.05, 4.69) is 15.6 Å². The second kappa shape index (κ2) is 6.47. The fourth-order valence-corrected chi connectivity index (χ4v) is 1.18. The van der Waals surface area contributed by atoms with Crippen LogP contribution in [0.5, 0.6) is 0 Å². The molecule has 3 N–H and O–H groups in total. The van der Waals surface area contributed by atoms with E-state index in [-0.39, 0.29) is 11.7 Å². The van der Waals surface area contributed by atoms with Crippen LogP contribution in [-0.2, 0) is 0 Å². The Hall–Kier alpha value is -2.11. The van der Waals surface area contributed by atoms with Gasteiger partial charge in [-0.25, -0.2) is 14.6 Å². The zero-order valence-electron chi connectivity index (χ0n) is 9.56. The van der Waals surface area contributed by atoms with Crippen molar-refractivity contribution in [2.24, 2.45) is 0 Å². The lowest BCUT2D eigenvalue weighted by Gasteiger charge is -2.07. The monoisotopic (exact) mass is 237 g/mol. The summed E-state index contributed by atoms with van der Waals surface area (Å²) in [6.45, 7) is 2.63. The highest BCUT2D eigenvalue weighted by Gasteiger charge is 2.06. The first-order valence-electron chi connectivity index (χ1n) is 5.37. The summed E-state index contributed by atoms with van der Waals surface area (Å²) < 4.78 is 0. The lowest BCUT2D eigenvalue weighted by molar-refractivity contribution is 0.0690. The normalized spacial score (nSPS) is 9.71. The van der Waals surface area contributed by atoms with E-state index in [1.165, 1.54) is 18.3 Å². The fraction of sp³-hybridized carbons (Fsp3) is 0.364.